The average molecular weight is 303 g/mol. The van der Waals surface area contributed by atoms with Crippen LogP contribution < -0.4 is 4.74 Å². The van der Waals surface area contributed by atoms with Crippen molar-refractivity contribution in [2.24, 2.45) is 4.99 Å². The number of benzene rings is 3. The molecular weight excluding hydrogens is 286 g/mol. The topological polar surface area (TPSA) is 41.8 Å². The number of rotatable bonds is 5. The third-order valence-corrected chi connectivity index (χ3v) is 3.32. The van der Waals surface area contributed by atoms with E-state index in [1.165, 1.54) is 0 Å². The number of phenolic OH excluding ortho intramolecular Hbond substituents is 1. The number of phenols is 1. The van der Waals surface area contributed by atoms with Gasteiger partial charge >= 0.3 is 0 Å². The lowest BCUT2D eigenvalue weighted by Gasteiger charge is -2.06. The summed E-state index contributed by atoms with van der Waals surface area (Å²) in [5.74, 6) is 1.03. The van der Waals surface area contributed by atoms with Gasteiger partial charge in [0.05, 0.1) is 5.69 Å². The van der Waals surface area contributed by atoms with Crippen molar-refractivity contribution in [1.29, 1.82) is 0 Å². The first-order valence-corrected chi connectivity index (χ1v) is 7.39. The van der Waals surface area contributed by atoms with Crippen LogP contribution in [0, 0.1) is 0 Å². The summed E-state index contributed by atoms with van der Waals surface area (Å²) in [6.45, 7) is 0.553. The van der Waals surface area contributed by atoms with Crippen LogP contribution in [-0.4, -0.2) is 11.3 Å². The summed E-state index contributed by atoms with van der Waals surface area (Å²) in [5, 5.41) is 9.41. The predicted octanol–water partition coefficient (Wildman–Crippen LogP) is 4.72. The Kier molecular flexibility index (Phi) is 4.69. The molecule has 0 aromatic heterocycles. The van der Waals surface area contributed by atoms with Gasteiger partial charge in [-0.2, -0.15) is 0 Å². The molecule has 0 aliphatic carbocycles. The second-order valence-corrected chi connectivity index (χ2v) is 5.12. The highest BCUT2D eigenvalue weighted by atomic mass is 16.5. The van der Waals surface area contributed by atoms with Crippen LogP contribution in [0.4, 0.5) is 5.69 Å². The molecular formula is C20H17NO2. The largest absolute Gasteiger partial charge is 0.508 e. The fourth-order valence-electron chi connectivity index (χ4n) is 2.11. The van der Waals surface area contributed by atoms with Gasteiger partial charge in [-0.05, 0) is 47.5 Å². The number of nitrogens with zero attached hydrogens (tertiary/aromatic N) is 1. The number of hydrogen-bond acceptors (Lipinski definition) is 3. The van der Waals surface area contributed by atoms with Gasteiger partial charge in [-0.1, -0.05) is 36.4 Å². The zero-order chi connectivity index (χ0) is 15.9. The van der Waals surface area contributed by atoms with Gasteiger partial charge < -0.3 is 9.84 Å². The van der Waals surface area contributed by atoms with Crippen LogP contribution in [0.3, 0.4) is 0 Å². The van der Waals surface area contributed by atoms with Crippen molar-refractivity contribution in [3.63, 3.8) is 0 Å². The first kappa shape index (κ1) is 14.9. The first-order valence-electron chi connectivity index (χ1n) is 7.39. The molecule has 0 aliphatic rings. The van der Waals surface area contributed by atoms with Gasteiger partial charge in [0.15, 0.2) is 0 Å². The van der Waals surface area contributed by atoms with Crippen molar-refractivity contribution in [3.05, 3.63) is 90.0 Å². The summed E-state index contributed by atoms with van der Waals surface area (Å²) >= 11 is 0. The molecule has 0 atom stereocenters. The summed E-state index contributed by atoms with van der Waals surface area (Å²) in [6, 6.07) is 24.7. The fraction of sp³-hybridized carbons (Fsp3) is 0.0500. The molecule has 3 aromatic carbocycles. The molecule has 0 amide bonds. The van der Waals surface area contributed by atoms with Crippen molar-refractivity contribution in [2.45, 2.75) is 6.61 Å². The Morgan fingerprint density at radius 2 is 1.65 bits per heavy atom. The monoisotopic (exact) mass is 303 g/mol. The van der Waals surface area contributed by atoms with E-state index in [4.69, 9.17) is 4.74 Å². The molecule has 3 nitrogen and oxygen atoms in total. The van der Waals surface area contributed by atoms with Gasteiger partial charge in [-0.15, -0.1) is 0 Å². The second kappa shape index (κ2) is 7.27. The van der Waals surface area contributed by atoms with Crippen LogP contribution in [0.1, 0.15) is 11.1 Å². The minimum absolute atomic E-state index is 0.212. The normalized spacial score (nSPS) is 10.8. The lowest BCUT2D eigenvalue weighted by molar-refractivity contribution is 0.306. The Morgan fingerprint density at radius 1 is 0.870 bits per heavy atom. The molecule has 23 heavy (non-hydrogen) atoms. The summed E-state index contributed by atoms with van der Waals surface area (Å²) < 4.78 is 5.75. The van der Waals surface area contributed by atoms with E-state index in [9.17, 15) is 5.11 Å². The van der Waals surface area contributed by atoms with Crippen LogP contribution in [0.5, 0.6) is 11.5 Å². The van der Waals surface area contributed by atoms with Crippen LogP contribution >= 0.6 is 0 Å². The zero-order valence-electron chi connectivity index (χ0n) is 12.6. The highest BCUT2D eigenvalue weighted by Gasteiger charge is 1.96. The quantitative estimate of drug-likeness (QED) is 0.693. The van der Waals surface area contributed by atoms with E-state index >= 15 is 0 Å². The Hall–Kier alpha value is -3.07. The van der Waals surface area contributed by atoms with Gasteiger partial charge in [-0.3, -0.25) is 4.99 Å². The maximum atomic E-state index is 9.41. The molecule has 1 N–H and O–H groups in total. The van der Waals surface area contributed by atoms with Crippen LogP contribution in [0.2, 0.25) is 0 Å². The number of hydrogen-bond donors (Lipinski definition) is 1. The third kappa shape index (κ3) is 4.45. The summed E-state index contributed by atoms with van der Waals surface area (Å²) in [6.07, 6.45) is 1.76. The maximum absolute atomic E-state index is 9.41. The van der Waals surface area contributed by atoms with E-state index in [-0.39, 0.29) is 5.75 Å². The molecule has 114 valence electrons. The molecule has 3 aromatic rings. The van der Waals surface area contributed by atoms with Gasteiger partial charge in [0.1, 0.15) is 18.1 Å². The van der Waals surface area contributed by atoms with Gasteiger partial charge in [-0.25, -0.2) is 0 Å². The third-order valence-electron chi connectivity index (χ3n) is 3.32. The SMILES string of the molecule is Oc1cccc(N=Cc2ccc(OCc3ccccc3)cc2)c1. The molecule has 0 unspecified atom stereocenters. The molecule has 0 bridgehead atoms. The van der Waals surface area contributed by atoms with E-state index in [0.29, 0.717) is 6.61 Å². The number of ether oxygens (including phenoxy) is 1. The van der Waals surface area contributed by atoms with Gasteiger partial charge in [0, 0.05) is 12.3 Å². The number of aliphatic imine (C=N–C) groups is 1. The summed E-state index contributed by atoms with van der Waals surface area (Å²) in [5.41, 5.74) is 2.83. The van der Waals surface area contributed by atoms with Crippen LogP contribution in [-0.2, 0) is 6.61 Å². The van der Waals surface area contributed by atoms with Crippen LogP contribution in [0.25, 0.3) is 0 Å². The minimum atomic E-state index is 0.212. The highest BCUT2D eigenvalue weighted by molar-refractivity contribution is 5.82. The predicted molar refractivity (Wildman–Crippen MR) is 92.6 cm³/mol. The molecule has 0 aliphatic heterocycles. The van der Waals surface area contributed by atoms with E-state index in [0.717, 1.165) is 22.6 Å². The maximum Gasteiger partial charge on any atom is 0.119 e. The Morgan fingerprint density at radius 3 is 2.39 bits per heavy atom. The van der Waals surface area contributed by atoms with Crippen molar-refractivity contribution >= 4 is 11.9 Å². The molecule has 0 fully saturated rings. The van der Waals surface area contributed by atoms with E-state index < -0.39 is 0 Å². The van der Waals surface area contributed by atoms with E-state index in [1.54, 1.807) is 24.4 Å². The smallest absolute Gasteiger partial charge is 0.119 e. The Bertz CT molecular complexity index is 780. The lowest BCUT2D eigenvalue weighted by Crippen LogP contribution is -1.94. The van der Waals surface area contributed by atoms with Crippen molar-refractivity contribution in [1.82, 2.24) is 0 Å². The van der Waals surface area contributed by atoms with Crippen molar-refractivity contribution in [3.8, 4) is 11.5 Å². The fourth-order valence-corrected chi connectivity index (χ4v) is 2.11. The highest BCUT2D eigenvalue weighted by Crippen LogP contribution is 2.19. The Labute approximate surface area is 135 Å². The van der Waals surface area contributed by atoms with Gasteiger partial charge in [0.25, 0.3) is 0 Å². The molecule has 0 saturated carbocycles. The number of aromatic hydroxyl groups is 1. The Balaban J connectivity index is 1.61. The summed E-state index contributed by atoms with van der Waals surface area (Å²) in [4.78, 5) is 4.33. The molecule has 3 heteroatoms. The molecule has 0 radical (unpaired) electrons. The van der Waals surface area contributed by atoms with Crippen LogP contribution in [0.15, 0.2) is 83.9 Å². The molecule has 3 rings (SSSR count). The minimum Gasteiger partial charge on any atom is -0.508 e. The van der Waals surface area contributed by atoms with Crippen molar-refractivity contribution in [2.75, 3.05) is 0 Å². The molecule has 0 spiro atoms. The van der Waals surface area contributed by atoms with E-state index in [1.807, 2.05) is 60.7 Å². The lowest BCUT2D eigenvalue weighted by atomic mass is 10.2. The molecule has 0 saturated heterocycles. The standard InChI is InChI=1S/C20H17NO2/c22-19-8-4-7-18(13-19)21-14-16-9-11-20(12-10-16)23-15-17-5-2-1-3-6-17/h1-14,22H,15H2. The summed E-state index contributed by atoms with van der Waals surface area (Å²) in [7, 11) is 0. The zero-order valence-corrected chi connectivity index (χ0v) is 12.6. The van der Waals surface area contributed by atoms with Gasteiger partial charge in [0.2, 0.25) is 0 Å². The average Bonchev–Trinajstić information content (AvgIpc) is 2.60. The molecule has 0 heterocycles. The first-order chi connectivity index (χ1) is 11.3. The second-order valence-electron chi connectivity index (χ2n) is 5.12. The van der Waals surface area contributed by atoms with Crippen molar-refractivity contribution < 1.29 is 9.84 Å². The van der Waals surface area contributed by atoms with E-state index in [2.05, 4.69) is 4.99 Å².